The summed E-state index contributed by atoms with van der Waals surface area (Å²) in [4.78, 5) is 7.84. The van der Waals surface area contributed by atoms with Gasteiger partial charge in [0.1, 0.15) is 11.2 Å². The summed E-state index contributed by atoms with van der Waals surface area (Å²) < 4.78 is 7.13. The molecule has 0 amide bonds. The zero-order valence-corrected chi connectivity index (χ0v) is 51.6. The van der Waals surface area contributed by atoms with E-state index in [0.717, 1.165) is 64.0 Å². The van der Waals surface area contributed by atoms with E-state index in [4.69, 9.17) is 4.42 Å². The van der Waals surface area contributed by atoms with Crippen molar-refractivity contribution < 1.29 is 4.42 Å². The van der Waals surface area contributed by atoms with Gasteiger partial charge >= 0.3 is 0 Å². The molecule has 13 rings (SSSR count). The predicted molar refractivity (Wildman–Crippen MR) is 349 cm³/mol. The maximum absolute atomic E-state index is 7.13. The Kier molecular flexibility index (Phi) is 11.7. The zero-order chi connectivity index (χ0) is 57.3. The molecule has 0 spiro atoms. The number of hydrogen-bond acceptors (Lipinski definition) is 4. The van der Waals surface area contributed by atoms with Gasteiger partial charge in [-0.3, -0.25) is 0 Å². The molecule has 81 heavy (non-hydrogen) atoms. The smallest absolute Gasteiger partial charge is 0.252 e. The van der Waals surface area contributed by atoms with Gasteiger partial charge in [0.25, 0.3) is 6.71 Å². The monoisotopic (exact) mass is 1070 g/mol. The van der Waals surface area contributed by atoms with Crippen LogP contribution < -0.4 is 31.1 Å². The van der Waals surface area contributed by atoms with E-state index in [1.807, 2.05) is 0 Å². The van der Waals surface area contributed by atoms with Gasteiger partial charge in [0.05, 0.1) is 11.1 Å². The number of anilines is 9. The van der Waals surface area contributed by atoms with Crippen molar-refractivity contribution in [3.63, 3.8) is 0 Å². The summed E-state index contributed by atoms with van der Waals surface area (Å²) in [7, 11) is 0. The van der Waals surface area contributed by atoms with Gasteiger partial charge in [0.2, 0.25) is 0 Å². The second kappa shape index (κ2) is 17.8. The summed E-state index contributed by atoms with van der Waals surface area (Å²) in [5.74, 6) is 0. The highest BCUT2D eigenvalue weighted by Crippen LogP contribution is 2.55. The van der Waals surface area contributed by atoms with Gasteiger partial charge in [-0.1, -0.05) is 190 Å². The van der Waals surface area contributed by atoms with Crippen molar-refractivity contribution in [2.24, 2.45) is 0 Å². The predicted octanol–water partition coefficient (Wildman–Crippen LogP) is 19.7. The maximum Gasteiger partial charge on any atom is 0.252 e. The van der Waals surface area contributed by atoms with E-state index in [0.29, 0.717) is 0 Å². The molecular weight excluding hydrogens is 982 g/mol. The van der Waals surface area contributed by atoms with E-state index < -0.39 is 0 Å². The van der Waals surface area contributed by atoms with Gasteiger partial charge in [0, 0.05) is 56.4 Å². The zero-order valence-electron chi connectivity index (χ0n) is 51.6. The van der Waals surface area contributed by atoms with Crippen LogP contribution >= 0.6 is 0 Å². The topological polar surface area (TPSA) is 22.9 Å². The summed E-state index contributed by atoms with van der Waals surface area (Å²) in [5.41, 5.74) is 26.1. The molecule has 5 heteroatoms. The van der Waals surface area contributed by atoms with Crippen molar-refractivity contribution >= 4 is 96.2 Å². The van der Waals surface area contributed by atoms with Crippen LogP contribution in [0.3, 0.4) is 0 Å². The third-order valence-electron chi connectivity index (χ3n) is 19.8. The van der Waals surface area contributed by atoms with Crippen molar-refractivity contribution in [3.8, 4) is 0 Å². The molecule has 0 bridgehead atoms. The number of furan rings is 1. The Morgan fingerprint density at radius 1 is 0.420 bits per heavy atom. The second-order valence-corrected chi connectivity index (χ2v) is 30.4. The first-order chi connectivity index (χ1) is 38.0. The van der Waals surface area contributed by atoms with Crippen LogP contribution in [0.15, 0.2) is 156 Å². The molecule has 0 saturated carbocycles. The largest absolute Gasteiger partial charge is 0.456 e. The number of hydrogen-bond donors (Lipinski definition) is 0. The molecule has 0 radical (unpaired) electrons. The van der Waals surface area contributed by atoms with Gasteiger partial charge < -0.3 is 19.1 Å². The summed E-state index contributed by atoms with van der Waals surface area (Å²) in [5, 5.41) is 2.27. The standard InChI is InChI=1S/C76H84BN3O/c1-70(2,3)47-27-29-50(30-28-47)78(49-23-19-18-20-24-49)52-32-35-59-62(44-52)80(61-36-34-55(72(7,8)9)69-67(61)53-25-21-22-26-66(53)81-69)65-42-48(71(4,5)6)41-64-68(65)77(59)60-45-57-58(76(16,17)40-39-75(57,14)15)46-63(60)79(64)51-31-33-54-56(43-51)74(12,13)38-37-73(54,10)11/h18-36,41-46H,37-40H2,1-17H3. The fourth-order valence-electron chi connectivity index (χ4n) is 14.6. The molecule has 0 atom stereocenters. The third-order valence-corrected chi connectivity index (χ3v) is 19.8. The minimum atomic E-state index is -0.193. The lowest BCUT2D eigenvalue weighted by Crippen LogP contribution is -2.62. The summed E-state index contributed by atoms with van der Waals surface area (Å²) in [6, 6.07) is 59.2. The first-order valence-electron chi connectivity index (χ1n) is 30.2. The van der Waals surface area contributed by atoms with Crippen LogP contribution in [-0.2, 0) is 37.9 Å². The molecule has 4 aliphatic rings. The van der Waals surface area contributed by atoms with Crippen LogP contribution in [0.4, 0.5) is 51.2 Å². The molecule has 0 fully saturated rings. The molecule has 2 aliphatic carbocycles. The lowest BCUT2D eigenvalue weighted by Gasteiger charge is -2.48. The Hall–Kier alpha value is -6.98. The summed E-state index contributed by atoms with van der Waals surface area (Å²) in [6.07, 6.45) is 4.63. The maximum atomic E-state index is 7.13. The number of nitrogens with zero attached hydrogens (tertiary/aromatic N) is 3. The van der Waals surface area contributed by atoms with E-state index in [-0.39, 0.29) is 44.6 Å². The fraction of sp³-hybridized carbons (Fsp3) is 0.368. The van der Waals surface area contributed by atoms with Gasteiger partial charge in [-0.15, -0.1) is 0 Å². The molecule has 4 nitrogen and oxygen atoms in total. The molecule has 1 aromatic heterocycles. The average Bonchev–Trinajstić information content (AvgIpc) is 1.75. The Labute approximate surface area is 484 Å². The highest BCUT2D eigenvalue weighted by molar-refractivity contribution is 7.00. The van der Waals surface area contributed by atoms with Crippen molar-refractivity contribution in [3.05, 3.63) is 191 Å². The minimum Gasteiger partial charge on any atom is -0.456 e. The first kappa shape index (κ1) is 53.3. The first-order valence-corrected chi connectivity index (χ1v) is 30.2. The Morgan fingerprint density at radius 3 is 1.59 bits per heavy atom. The summed E-state index contributed by atoms with van der Waals surface area (Å²) >= 11 is 0. The van der Waals surface area contributed by atoms with Crippen LogP contribution in [0, 0.1) is 0 Å². The molecule has 0 unspecified atom stereocenters. The van der Waals surface area contributed by atoms with Gasteiger partial charge in [-0.05, 0) is 192 Å². The van der Waals surface area contributed by atoms with Crippen LogP contribution in [0.2, 0.25) is 0 Å². The van der Waals surface area contributed by atoms with E-state index in [9.17, 15) is 0 Å². The van der Waals surface area contributed by atoms with E-state index in [1.165, 1.54) is 90.2 Å². The van der Waals surface area contributed by atoms with Crippen LogP contribution in [0.5, 0.6) is 0 Å². The highest BCUT2D eigenvalue weighted by Gasteiger charge is 2.48. The van der Waals surface area contributed by atoms with Gasteiger partial charge in [-0.25, -0.2) is 0 Å². The lowest BCUT2D eigenvalue weighted by molar-refractivity contribution is 0.332. The number of rotatable bonds is 5. The molecule has 8 aromatic carbocycles. The van der Waals surface area contributed by atoms with Crippen molar-refractivity contribution in [1.29, 1.82) is 0 Å². The quantitative estimate of drug-likeness (QED) is 0.160. The third kappa shape index (κ3) is 8.43. The average molecular weight is 1070 g/mol. The molecule has 9 aromatic rings. The van der Waals surface area contributed by atoms with E-state index in [2.05, 4.69) is 284 Å². The number of fused-ring (bicyclic) bond motifs is 9. The van der Waals surface area contributed by atoms with Gasteiger partial charge in [0.15, 0.2) is 0 Å². The number of benzene rings is 8. The van der Waals surface area contributed by atoms with E-state index in [1.54, 1.807) is 0 Å². The number of para-hydroxylation sites is 2. The van der Waals surface area contributed by atoms with Crippen LogP contribution in [0.1, 0.15) is 182 Å². The summed E-state index contributed by atoms with van der Waals surface area (Å²) in [6.45, 7) is 40.8. The van der Waals surface area contributed by atoms with Crippen molar-refractivity contribution in [2.75, 3.05) is 14.7 Å². The normalized spacial score (nSPS) is 17.6. The molecule has 2 aliphatic heterocycles. The SMILES string of the molecule is CC(C)(C)c1ccc(N(c2ccccc2)c2ccc3c(c2)N(c2ccc(C(C)(C)C)c4oc5ccccc5c24)c2cc(C(C)(C)C)cc4c2B3c2cc3c(cc2N4c2ccc4c(c2)C(C)(C)CCC4(C)C)C(C)(C)CCC3(C)C)cc1. The second-order valence-electron chi connectivity index (χ2n) is 30.4. The van der Waals surface area contributed by atoms with Crippen molar-refractivity contribution in [1.82, 2.24) is 0 Å². The minimum absolute atomic E-state index is 0.000197. The molecule has 0 saturated heterocycles. The Bertz CT molecular complexity index is 4020. The van der Waals surface area contributed by atoms with Crippen molar-refractivity contribution in [2.45, 2.75) is 181 Å². The molecular formula is C76H84BN3O. The molecule has 412 valence electrons. The van der Waals surface area contributed by atoms with Crippen LogP contribution in [0.25, 0.3) is 21.9 Å². The lowest BCUT2D eigenvalue weighted by atomic mass is 9.33. The Balaban J connectivity index is 1.18. The molecule has 0 N–H and O–H groups in total. The van der Waals surface area contributed by atoms with Crippen LogP contribution in [-0.4, -0.2) is 6.71 Å². The van der Waals surface area contributed by atoms with Gasteiger partial charge in [-0.2, -0.15) is 0 Å². The molecule has 3 heterocycles. The van der Waals surface area contributed by atoms with E-state index >= 15 is 0 Å². The fourth-order valence-corrected chi connectivity index (χ4v) is 14.6. The highest BCUT2D eigenvalue weighted by atomic mass is 16.3. The Morgan fingerprint density at radius 2 is 0.963 bits per heavy atom.